The third-order valence-electron chi connectivity index (χ3n) is 4.02. The zero-order valence-corrected chi connectivity index (χ0v) is 9.91. The predicted molar refractivity (Wildman–Crippen MR) is 62.5 cm³/mol. The van der Waals surface area contributed by atoms with Gasteiger partial charge in [-0.1, -0.05) is 38.8 Å². The summed E-state index contributed by atoms with van der Waals surface area (Å²) in [6, 6.07) is 0. The molecule has 0 heterocycles. The van der Waals surface area contributed by atoms with Crippen LogP contribution in [0.3, 0.4) is 0 Å². The molecular weight excluding hydrogens is 184 g/mol. The highest BCUT2D eigenvalue weighted by molar-refractivity contribution is 5.82. The second-order valence-corrected chi connectivity index (χ2v) is 5.45. The molecule has 0 spiro atoms. The first-order chi connectivity index (χ1) is 7.20. The normalized spacial score (nSPS) is 34.7. The quantitative estimate of drug-likeness (QED) is 0.628. The molecule has 0 amide bonds. The van der Waals surface area contributed by atoms with Crippen LogP contribution in [0.1, 0.15) is 46.0 Å². The Bertz CT molecular complexity index is 267. The van der Waals surface area contributed by atoms with Gasteiger partial charge in [-0.05, 0) is 30.6 Å². The summed E-state index contributed by atoms with van der Waals surface area (Å²) in [5.74, 6) is 2.82. The molecule has 0 aromatic carbocycles. The first-order valence-electron chi connectivity index (χ1n) is 6.41. The van der Waals surface area contributed by atoms with Crippen LogP contribution in [0.25, 0.3) is 0 Å². The minimum Gasteiger partial charge on any atom is -0.299 e. The zero-order valence-electron chi connectivity index (χ0n) is 9.91. The van der Waals surface area contributed by atoms with Gasteiger partial charge in [-0.2, -0.15) is 0 Å². The first-order valence-corrected chi connectivity index (χ1v) is 6.41. The Hall–Kier alpha value is -0.590. The highest BCUT2D eigenvalue weighted by atomic mass is 16.1. The van der Waals surface area contributed by atoms with Crippen molar-refractivity contribution in [3.05, 3.63) is 12.2 Å². The van der Waals surface area contributed by atoms with E-state index in [1.807, 2.05) is 0 Å². The van der Waals surface area contributed by atoms with E-state index in [1.165, 1.54) is 19.3 Å². The lowest BCUT2D eigenvalue weighted by Crippen LogP contribution is -2.20. The SMILES string of the molecule is CCCC(C)CC(=O)C1CC2C=CC1C2. The number of Topliss-reactive ketones (excluding diaryl/α,β-unsaturated/α-hetero) is 1. The largest absolute Gasteiger partial charge is 0.299 e. The van der Waals surface area contributed by atoms with Crippen molar-refractivity contribution in [3.63, 3.8) is 0 Å². The molecule has 1 nitrogen and oxygen atoms in total. The molecule has 0 aromatic rings. The summed E-state index contributed by atoms with van der Waals surface area (Å²) in [7, 11) is 0. The minimum atomic E-state index is 0.374. The van der Waals surface area contributed by atoms with Crippen molar-refractivity contribution in [3.8, 4) is 0 Å². The summed E-state index contributed by atoms with van der Waals surface area (Å²) in [5, 5.41) is 0. The van der Waals surface area contributed by atoms with Gasteiger partial charge in [-0.3, -0.25) is 4.79 Å². The van der Waals surface area contributed by atoms with Crippen LogP contribution in [0.2, 0.25) is 0 Å². The maximum absolute atomic E-state index is 12.1. The maximum Gasteiger partial charge on any atom is 0.136 e. The lowest BCUT2D eigenvalue weighted by Gasteiger charge is -2.18. The van der Waals surface area contributed by atoms with E-state index in [0.29, 0.717) is 23.5 Å². The molecule has 2 rings (SSSR count). The third kappa shape index (κ3) is 2.32. The van der Waals surface area contributed by atoms with Crippen LogP contribution < -0.4 is 0 Å². The second-order valence-electron chi connectivity index (χ2n) is 5.45. The molecule has 0 radical (unpaired) electrons. The molecule has 2 bridgehead atoms. The van der Waals surface area contributed by atoms with Crippen LogP contribution in [-0.2, 0) is 4.79 Å². The van der Waals surface area contributed by atoms with Crippen molar-refractivity contribution in [2.45, 2.75) is 46.0 Å². The van der Waals surface area contributed by atoms with Gasteiger partial charge in [0.05, 0.1) is 0 Å². The van der Waals surface area contributed by atoms with Crippen LogP contribution in [0, 0.1) is 23.7 Å². The second kappa shape index (κ2) is 4.51. The summed E-state index contributed by atoms with van der Waals surface area (Å²) < 4.78 is 0. The zero-order chi connectivity index (χ0) is 10.8. The molecule has 0 N–H and O–H groups in total. The topological polar surface area (TPSA) is 17.1 Å². The van der Waals surface area contributed by atoms with Gasteiger partial charge in [0.15, 0.2) is 0 Å². The molecule has 4 atom stereocenters. The maximum atomic E-state index is 12.1. The Kier molecular flexibility index (Phi) is 3.28. The van der Waals surface area contributed by atoms with Gasteiger partial charge >= 0.3 is 0 Å². The van der Waals surface area contributed by atoms with Gasteiger partial charge in [0.1, 0.15) is 5.78 Å². The number of carbonyl (C=O) groups excluding carboxylic acids is 1. The van der Waals surface area contributed by atoms with E-state index in [-0.39, 0.29) is 0 Å². The van der Waals surface area contributed by atoms with Crippen molar-refractivity contribution in [2.24, 2.45) is 23.7 Å². The van der Waals surface area contributed by atoms with Gasteiger partial charge in [0, 0.05) is 12.3 Å². The van der Waals surface area contributed by atoms with Crippen molar-refractivity contribution in [2.75, 3.05) is 0 Å². The standard InChI is InChI=1S/C14H22O/c1-3-4-10(2)7-14(15)13-9-11-5-6-12(13)8-11/h5-6,10-13H,3-4,7-9H2,1-2H3. The molecule has 15 heavy (non-hydrogen) atoms. The van der Waals surface area contributed by atoms with Crippen LogP contribution >= 0.6 is 0 Å². The molecule has 1 saturated carbocycles. The number of ketones is 1. The molecule has 2 aliphatic carbocycles. The van der Waals surface area contributed by atoms with E-state index in [2.05, 4.69) is 26.0 Å². The number of fused-ring (bicyclic) bond motifs is 2. The minimum absolute atomic E-state index is 0.374. The Balaban J connectivity index is 1.84. The summed E-state index contributed by atoms with van der Waals surface area (Å²) in [6.07, 6.45) is 10.2. The van der Waals surface area contributed by atoms with E-state index < -0.39 is 0 Å². The van der Waals surface area contributed by atoms with Crippen LogP contribution in [0.15, 0.2) is 12.2 Å². The number of hydrogen-bond donors (Lipinski definition) is 0. The Morgan fingerprint density at radius 1 is 1.40 bits per heavy atom. The molecule has 2 aliphatic rings. The third-order valence-corrected chi connectivity index (χ3v) is 4.02. The fraction of sp³-hybridized carbons (Fsp3) is 0.786. The summed E-state index contributed by atoms with van der Waals surface area (Å²) in [4.78, 5) is 12.1. The number of rotatable bonds is 5. The van der Waals surface area contributed by atoms with E-state index in [1.54, 1.807) is 0 Å². The van der Waals surface area contributed by atoms with E-state index >= 15 is 0 Å². The van der Waals surface area contributed by atoms with E-state index in [9.17, 15) is 4.79 Å². The van der Waals surface area contributed by atoms with E-state index in [4.69, 9.17) is 0 Å². The van der Waals surface area contributed by atoms with Gasteiger partial charge in [0.2, 0.25) is 0 Å². The van der Waals surface area contributed by atoms with Crippen LogP contribution in [-0.4, -0.2) is 5.78 Å². The van der Waals surface area contributed by atoms with Crippen molar-refractivity contribution in [1.82, 2.24) is 0 Å². The monoisotopic (exact) mass is 206 g/mol. The average molecular weight is 206 g/mol. The molecule has 0 aromatic heterocycles. The van der Waals surface area contributed by atoms with Crippen LogP contribution in [0.5, 0.6) is 0 Å². The lowest BCUT2D eigenvalue weighted by atomic mass is 9.85. The smallest absolute Gasteiger partial charge is 0.136 e. The molecular formula is C14H22O. The van der Waals surface area contributed by atoms with Gasteiger partial charge < -0.3 is 0 Å². The van der Waals surface area contributed by atoms with Gasteiger partial charge in [-0.15, -0.1) is 0 Å². The molecule has 4 unspecified atom stereocenters. The van der Waals surface area contributed by atoms with Crippen molar-refractivity contribution >= 4 is 5.78 Å². The molecule has 0 saturated heterocycles. The van der Waals surface area contributed by atoms with Crippen molar-refractivity contribution in [1.29, 1.82) is 0 Å². The summed E-state index contributed by atoms with van der Waals surface area (Å²) in [6.45, 7) is 4.41. The Morgan fingerprint density at radius 3 is 2.73 bits per heavy atom. The number of allylic oxidation sites excluding steroid dienone is 2. The summed E-state index contributed by atoms with van der Waals surface area (Å²) >= 11 is 0. The van der Waals surface area contributed by atoms with Crippen LogP contribution in [0.4, 0.5) is 0 Å². The van der Waals surface area contributed by atoms with E-state index in [0.717, 1.165) is 18.8 Å². The Morgan fingerprint density at radius 2 is 2.20 bits per heavy atom. The molecule has 1 heteroatoms. The highest BCUT2D eigenvalue weighted by Crippen LogP contribution is 2.44. The first kappa shape index (κ1) is 10.9. The summed E-state index contributed by atoms with van der Waals surface area (Å²) in [5.41, 5.74) is 0. The fourth-order valence-electron chi connectivity index (χ4n) is 3.24. The Labute approximate surface area is 92.9 Å². The number of hydrogen-bond acceptors (Lipinski definition) is 1. The van der Waals surface area contributed by atoms with Gasteiger partial charge in [-0.25, -0.2) is 0 Å². The molecule has 84 valence electrons. The fourth-order valence-corrected chi connectivity index (χ4v) is 3.24. The lowest BCUT2D eigenvalue weighted by molar-refractivity contribution is -0.124. The predicted octanol–water partition coefficient (Wildman–Crippen LogP) is 3.59. The average Bonchev–Trinajstić information content (AvgIpc) is 2.78. The molecule has 1 fully saturated rings. The van der Waals surface area contributed by atoms with Crippen molar-refractivity contribution < 1.29 is 4.79 Å². The highest BCUT2D eigenvalue weighted by Gasteiger charge is 2.39. The van der Waals surface area contributed by atoms with Gasteiger partial charge in [0.25, 0.3) is 0 Å². The molecule has 0 aliphatic heterocycles. The number of carbonyl (C=O) groups is 1.